The standard InChI is InChI=1S/C8H19N.C6H13N.C5H11NO/c1-6-9(7(2)3)8(4)5;1-7-5-3-2-4-6-7;1-6-2-4-7-5-3-6/h7-8H,6H2,1-5H3;2-6H2,1H3;2-5H2,1H3. The highest BCUT2D eigenvalue weighted by Crippen LogP contribution is 2.04. The van der Waals surface area contributed by atoms with E-state index >= 15 is 0 Å². The first kappa shape index (κ1) is 22.8. The molecule has 2 aliphatic rings. The van der Waals surface area contributed by atoms with E-state index in [-0.39, 0.29) is 0 Å². The van der Waals surface area contributed by atoms with Crippen molar-refractivity contribution in [2.45, 2.75) is 66.0 Å². The number of morpholine rings is 1. The summed E-state index contributed by atoms with van der Waals surface area (Å²) in [4.78, 5) is 7.12. The topological polar surface area (TPSA) is 19.0 Å². The summed E-state index contributed by atoms with van der Waals surface area (Å²) in [5, 5.41) is 0. The van der Waals surface area contributed by atoms with Crippen molar-refractivity contribution in [3.05, 3.63) is 0 Å². The van der Waals surface area contributed by atoms with E-state index in [1.54, 1.807) is 0 Å². The van der Waals surface area contributed by atoms with E-state index in [2.05, 4.69) is 63.4 Å². The Morgan fingerprint density at radius 2 is 1.22 bits per heavy atom. The summed E-state index contributed by atoms with van der Waals surface area (Å²) >= 11 is 0. The minimum absolute atomic E-state index is 0.690. The second kappa shape index (κ2) is 14.2. The smallest absolute Gasteiger partial charge is 0.0594 e. The third-order valence-corrected chi connectivity index (χ3v) is 4.51. The van der Waals surface area contributed by atoms with E-state index in [0.29, 0.717) is 12.1 Å². The molecule has 0 radical (unpaired) electrons. The molecule has 4 nitrogen and oxygen atoms in total. The van der Waals surface area contributed by atoms with Gasteiger partial charge in [-0.25, -0.2) is 0 Å². The molecular weight excluding hydrogens is 286 g/mol. The molecular formula is C19H43N3O. The first-order chi connectivity index (χ1) is 10.9. The van der Waals surface area contributed by atoms with Crippen molar-refractivity contribution in [2.75, 3.05) is 60.0 Å². The van der Waals surface area contributed by atoms with Gasteiger partial charge in [0.25, 0.3) is 0 Å². The van der Waals surface area contributed by atoms with Crippen molar-refractivity contribution >= 4 is 0 Å². The van der Waals surface area contributed by atoms with Gasteiger partial charge >= 0.3 is 0 Å². The van der Waals surface area contributed by atoms with Gasteiger partial charge in [0.1, 0.15) is 0 Å². The molecule has 140 valence electrons. The summed E-state index contributed by atoms with van der Waals surface area (Å²) in [5.41, 5.74) is 0. The lowest BCUT2D eigenvalue weighted by Gasteiger charge is -2.28. The van der Waals surface area contributed by atoms with Gasteiger partial charge < -0.3 is 14.5 Å². The van der Waals surface area contributed by atoms with E-state index < -0.39 is 0 Å². The average molecular weight is 330 g/mol. The van der Waals surface area contributed by atoms with E-state index in [1.807, 2.05) is 0 Å². The van der Waals surface area contributed by atoms with Gasteiger partial charge in [0.05, 0.1) is 13.2 Å². The molecule has 0 aliphatic carbocycles. The Balaban J connectivity index is 0.000000318. The van der Waals surface area contributed by atoms with Gasteiger partial charge in [-0.2, -0.15) is 0 Å². The molecule has 0 spiro atoms. The molecule has 2 heterocycles. The van der Waals surface area contributed by atoms with Crippen LogP contribution in [0.3, 0.4) is 0 Å². The predicted octanol–water partition coefficient (Wildman–Crippen LogP) is 3.18. The molecule has 23 heavy (non-hydrogen) atoms. The maximum Gasteiger partial charge on any atom is 0.0594 e. The molecule has 0 aromatic heterocycles. The van der Waals surface area contributed by atoms with Gasteiger partial charge in [0.15, 0.2) is 0 Å². The van der Waals surface area contributed by atoms with Crippen LogP contribution in [0.15, 0.2) is 0 Å². The molecule has 2 fully saturated rings. The molecule has 0 bridgehead atoms. The molecule has 2 saturated heterocycles. The maximum atomic E-state index is 5.10. The van der Waals surface area contributed by atoms with Crippen LogP contribution < -0.4 is 0 Å². The third kappa shape index (κ3) is 12.9. The van der Waals surface area contributed by atoms with Crippen LogP contribution >= 0.6 is 0 Å². The van der Waals surface area contributed by atoms with Crippen LogP contribution in [0.5, 0.6) is 0 Å². The quantitative estimate of drug-likeness (QED) is 0.791. The number of likely N-dealkylation sites (N-methyl/N-ethyl adjacent to an activating group) is 1. The average Bonchev–Trinajstić information content (AvgIpc) is 2.50. The van der Waals surface area contributed by atoms with Crippen molar-refractivity contribution in [3.63, 3.8) is 0 Å². The van der Waals surface area contributed by atoms with Gasteiger partial charge in [0, 0.05) is 25.2 Å². The van der Waals surface area contributed by atoms with Crippen LogP contribution in [0, 0.1) is 0 Å². The number of rotatable bonds is 3. The lowest BCUT2D eigenvalue weighted by Crippen LogP contribution is -2.36. The largest absolute Gasteiger partial charge is 0.379 e. The van der Waals surface area contributed by atoms with E-state index in [1.165, 1.54) is 32.4 Å². The highest BCUT2D eigenvalue weighted by molar-refractivity contribution is 4.64. The van der Waals surface area contributed by atoms with Gasteiger partial charge in [-0.15, -0.1) is 0 Å². The maximum absolute atomic E-state index is 5.10. The fourth-order valence-electron chi connectivity index (χ4n) is 3.03. The molecule has 0 amide bonds. The van der Waals surface area contributed by atoms with Gasteiger partial charge in [-0.05, 0) is 74.3 Å². The molecule has 0 saturated carbocycles. The minimum atomic E-state index is 0.690. The zero-order valence-corrected chi connectivity index (χ0v) is 17.0. The first-order valence-electron chi connectivity index (χ1n) is 9.59. The van der Waals surface area contributed by atoms with Gasteiger partial charge in [0.2, 0.25) is 0 Å². The Kier molecular flexibility index (Phi) is 14.1. The Morgan fingerprint density at radius 1 is 0.783 bits per heavy atom. The number of hydrogen-bond donors (Lipinski definition) is 0. The Labute approximate surface area is 146 Å². The second-order valence-electron chi connectivity index (χ2n) is 7.30. The zero-order chi connectivity index (χ0) is 17.7. The highest BCUT2D eigenvalue weighted by Gasteiger charge is 2.09. The SMILES string of the molecule is CCN(C(C)C)C(C)C.CN1CCCCC1.CN1CCOCC1. The lowest BCUT2D eigenvalue weighted by molar-refractivity contribution is 0.0503. The van der Waals surface area contributed by atoms with Gasteiger partial charge in [-0.1, -0.05) is 13.3 Å². The molecule has 2 rings (SSSR count). The zero-order valence-electron chi connectivity index (χ0n) is 17.0. The van der Waals surface area contributed by atoms with Crippen LogP contribution in [0.25, 0.3) is 0 Å². The Morgan fingerprint density at radius 3 is 1.39 bits per heavy atom. The number of piperidine rings is 1. The number of hydrogen-bond acceptors (Lipinski definition) is 4. The van der Waals surface area contributed by atoms with E-state index in [9.17, 15) is 0 Å². The van der Waals surface area contributed by atoms with E-state index in [0.717, 1.165) is 32.8 Å². The fraction of sp³-hybridized carbons (Fsp3) is 1.00. The van der Waals surface area contributed by atoms with Crippen LogP contribution in [0.4, 0.5) is 0 Å². The normalized spacial score (nSPS) is 20.1. The van der Waals surface area contributed by atoms with Crippen LogP contribution in [0.2, 0.25) is 0 Å². The molecule has 0 aromatic rings. The Hall–Kier alpha value is -0.160. The monoisotopic (exact) mass is 329 g/mol. The van der Waals surface area contributed by atoms with Gasteiger partial charge in [-0.3, -0.25) is 4.90 Å². The molecule has 2 aliphatic heterocycles. The fourth-order valence-corrected chi connectivity index (χ4v) is 3.03. The first-order valence-corrected chi connectivity index (χ1v) is 9.59. The molecule has 0 N–H and O–H groups in total. The molecule has 0 unspecified atom stereocenters. The predicted molar refractivity (Wildman–Crippen MR) is 102 cm³/mol. The minimum Gasteiger partial charge on any atom is -0.379 e. The van der Waals surface area contributed by atoms with Crippen molar-refractivity contribution in [1.29, 1.82) is 0 Å². The van der Waals surface area contributed by atoms with Crippen molar-refractivity contribution in [3.8, 4) is 0 Å². The highest BCUT2D eigenvalue weighted by atomic mass is 16.5. The summed E-state index contributed by atoms with van der Waals surface area (Å²) in [6, 6.07) is 1.38. The summed E-state index contributed by atoms with van der Waals surface area (Å²) in [6.07, 6.45) is 4.28. The molecule has 0 aromatic carbocycles. The van der Waals surface area contributed by atoms with Crippen LogP contribution in [-0.4, -0.2) is 86.8 Å². The van der Waals surface area contributed by atoms with Crippen molar-refractivity contribution < 1.29 is 4.74 Å². The summed E-state index contributed by atoms with van der Waals surface area (Å²) in [7, 11) is 4.31. The van der Waals surface area contributed by atoms with Crippen molar-refractivity contribution in [1.82, 2.24) is 14.7 Å². The van der Waals surface area contributed by atoms with Crippen molar-refractivity contribution in [2.24, 2.45) is 0 Å². The molecule has 4 heteroatoms. The summed E-state index contributed by atoms with van der Waals surface area (Å²) < 4.78 is 5.10. The number of nitrogens with zero attached hydrogens (tertiary/aromatic N) is 3. The number of ether oxygens (including phenoxy) is 1. The molecule has 0 atom stereocenters. The third-order valence-electron chi connectivity index (χ3n) is 4.51. The second-order valence-corrected chi connectivity index (χ2v) is 7.30. The van der Waals surface area contributed by atoms with E-state index in [4.69, 9.17) is 4.74 Å². The summed E-state index contributed by atoms with van der Waals surface area (Å²) in [5.74, 6) is 0. The van der Waals surface area contributed by atoms with Crippen LogP contribution in [0.1, 0.15) is 53.9 Å². The lowest BCUT2D eigenvalue weighted by atomic mass is 10.1. The van der Waals surface area contributed by atoms with Crippen LogP contribution in [-0.2, 0) is 4.74 Å². The number of likely N-dealkylation sites (tertiary alicyclic amines) is 1. The summed E-state index contributed by atoms with van der Waals surface area (Å²) in [6.45, 7) is 19.0. The Bertz CT molecular complexity index is 223.